The summed E-state index contributed by atoms with van der Waals surface area (Å²) in [7, 11) is 0. The fourth-order valence-electron chi connectivity index (χ4n) is 5.62. The number of piperidine rings is 2. The van der Waals surface area contributed by atoms with Crippen molar-refractivity contribution in [2.24, 2.45) is 0 Å². The van der Waals surface area contributed by atoms with Gasteiger partial charge in [0, 0.05) is 61.4 Å². The first-order chi connectivity index (χ1) is 20.3. The second-order valence-electron chi connectivity index (χ2n) is 11.6. The van der Waals surface area contributed by atoms with Crippen LogP contribution in [0.3, 0.4) is 0 Å². The van der Waals surface area contributed by atoms with Gasteiger partial charge in [0.15, 0.2) is 0 Å². The molecule has 9 nitrogen and oxygen atoms in total. The highest BCUT2D eigenvalue weighted by atomic mass is 35.5. The molecule has 2 aromatic heterocycles. The first-order valence-corrected chi connectivity index (χ1v) is 15.4. The maximum absolute atomic E-state index is 6.18. The topological polar surface area (TPSA) is 103 Å². The minimum Gasteiger partial charge on any atom is -0.488 e. The predicted octanol–water partition coefficient (Wildman–Crippen LogP) is 6.00. The fourth-order valence-corrected chi connectivity index (χ4v) is 5.75. The van der Waals surface area contributed by atoms with Gasteiger partial charge in [-0.15, -0.1) is 0 Å². The molecular weight excluding hydrogens is 550 g/mol. The Morgan fingerprint density at radius 1 is 0.714 bits per heavy atom. The first kappa shape index (κ1) is 30.2. The van der Waals surface area contributed by atoms with Gasteiger partial charge in [0.2, 0.25) is 11.2 Å². The van der Waals surface area contributed by atoms with Crippen molar-refractivity contribution in [3.05, 3.63) is 54.1 Å². The zero-order valence-corrected chi connectivity index (χ0v) is 25.8. The van der Waals surface area contributed by atoms with Gasteiger partial charge >= 0.3 is 0 Å². The van der Waals surface area contributed by atoms with E-state index in [0.717, 1.165) is 85.2 Å². The number of hydrogen-bond acceptors (Lipinski definition) is 9. The van der Waals surface area contributed by atoms with Gasteiger partial charge in [-0.1, -0.05) is 24.3 Å². The number of fused-ring (bicyclic) bond motifs is 2. The van der Waals surface area contributed by atoms with E-state index in [0.29, 0.717) is 12.1 Å². The molecular formula is C32H42ClN7O2. The molecule has 0 unspecified atom stereocenters. The lowest BCUT2D eigenvalue weighted by Gasteiger charge is -2.34. The molecule has 10 heteroatoms. The predicted molar refractivity (Wildman–Crippen MR) is 169 cm³/mol. The molecule has 0 saturated carbocycles. The number of aromatic nitrogens is 4. The van der Waals surface area contributed by atoms with Gasteiger partial charge in [-0.25, -0.2) is 19.9 Å². The minimum absolute atomic E-state index is 0.249. The molecule has 0 aliphatic carbocycles. The average molecular weight is 592 g/mol. The Kier molecular flexibility index (Phi) is 9.92. The number of rotatable bonds is 6. The zero-order chi connectivity index (χ0) is 29.6. The molecule has 6 rings (SSSR count). The zero-order valence-electron chi connectivity index (χ0n) is 25.0. The summed E-state index contributed by atoms with van der Waals surface area (Å²) < 4.78 is 12.4. The van der Waals surface area contributed by atoms with Gasteiger partial charge in [-0.3, -0.25) is 0 Å². The number of likely N-dealkylation sites (tertiary alicyclic amines) is 2. The summed E-state index contributed by atoms with van der Waals surface area (Å²) in [6.07, 6.45) is 8.18. The van der Waals surface area contributed by atoms with E-state index in [1.807, 2.05) is 36.4 Å². The quantitative estimate of drug-likeness (QED) is 0.270. The van der Waals surface area contributed by atoms with E-state index in [9.17, 15) is 0 Å². The Balaban J connectivity index is 0.000000168. The second kappa shape index (κ2) is 13.8. The monoisotopic (exact) mass is 591 g/mol. The van der Waals surface area contributed by atoms with Crippen LogP contribution in [0.1, 0.15) is 53.4 Å². The Labute approximate surface area is 253 Å². The summed E-state index contributed by atoms with van der Waals surface area (Å²) in [4.78, 5) is 21.6. The highest BCUT2D eigenvalue weighted by Gasteiger charge is 2.24. The molecule has 0 radical (unpaired) electrons. The smallest absolute Gasteiger partial charge is 0.223 e. The summed E-state index contributed by atoms with van der Waals surface area (Å²) in [5.74, 6) is 1.90. The second-order valence-corrected chi connectivity index (χ2v) is 12.0. The molecule has 2 N–H and O–H groups in total. The third-order valence-electron chi connectivity index (χ3n) is 8.14. The molecule has 0 amide bonds. The number of halogens is 1. The Morgan fingerprint density at radius 3 is 1.64 bits per heavy atom. The Bertz CT molecular complexity index is 1360. The normalized spacial score (nSPS) is 17.5. The highest BCUT2D eigenvalue weighted by Crippen LogP contribution is 2.28. The number of nitrogens with zero attached hydrogens (tertiary/aromatic N) is 6. The maximum atomic E-state index is 6.18. The van der Waals surface area contributed by atoms with Crippen LogP contribution in [0.15, 0.2) is 48.8 Å². The lowest BCUT2D eigenvalue weighted by molar-refractivity contribution is 0.0850. The fraction of sp³-hybridized carbons (Fsp3) is 0.500. The maximum Gasteiger partial charge on any atom is 0.223 e. The van der Waals surface area contributed by atoms with E-state index < -0.39 is 0 Å². The van der Waals surface area contributed by atoms with Crippen molar-refractivity contribution in [2.45, 2.75) is 77.7 Å². The van der Waals surface area contributed by atoms with Crippen molar-refractivity contribution in [1.82, 2.24) is 29.7 Å². The van der Waals surface area contributed by atoms with Crippen molar-refractivity contribution in [1.29, 1.82) is 0 Å². The van der Waals surface area contributed by atoms with Crippen molar-refractivity contribution in [3.8, 4) is 11.5 Å². The summed E-state index contributed by atoms with van der Waals surface area (Å²) >= 11 is 5.90. The molecule has 4 aromatic rings. The van der Waals surface area contributed by atoms with Gasteiger partial charge in [0.25, 0.3) is 0 Å². The van der Waals surface area contributed by atoms with Crippen LogP contribution in [0.4, 0.5) is 5.95 Å². The van der Waals surface area contributed by atoms with Crippen LogP contribution < -0.4 is 15.2 Å². The minimum atomic E-state index is 0.249. The van der Waals surface area contributed by atoms with E-state index in [1.165, 1.54) is 0 Å². The molecule has 2 aliphatic heterocycles. The van der Waals surface area contributed by atoms with Crippen LogP contribution >= 0.6 is 11.6 Å². The van der Waals surface area contributed by atoms with Crippen molar-refractivity contribution in [3.63, 3.8) is 0 Å². The molecule has 4 heterocycles. The van der Waals surface area contributed by atoms with Crippen LogP contribution in [0.2, 0.25) is 5.28 Å². The van der Waals surface area contributed by atoms with Gasteiger partial charge in [0.1, 0.15) is 34.7 Å². The molecule has 2 fully saturated rings. The highest BCUT2D eigenvalue weighted by molar-refractivity contribution is 6.28. The number of benzene rings is 2. The number of anilines is 1. The van der Waals surface area contributed by atoms with E-state index in [4.69, 9.17) is 26.8 Å². The lowest BCUT2D eigenvalue weighted by atomic mass is 10.1. The van der Waals surface area contributed by atoms with E-state index in [1.54, 1.807) is 12.4 Å². The molecule has 2 aliphatic rings. The third-order valence-corrected chi connectivity index (χ3v) is 8.32. The van der Waals surface area contributed by atoms with E-state index in [-0.39, 0.29) is 23.4 Å². The number of hydrogen-bond donors (Lipinski definition) is 1. The largest absolute Gasteiger partial charge is 0.488 e. The summed E-state index contributed by atoms with van der Waals surface area (Å²) in [5, 5.41) is 2.17. The summed E-state index contributed by atoms with van der Waals surface area (Å²) in [6.45, 7) is 13.3. The van der Waals surface area contributed by atoms with Crippen LogP contribution in [-0.4, -0.2) is 80.2 Å². The van der Waals surface area contributed by atoms with E-state index >= 15 is 0 Å². The number of ether oxygens (including phenoxy) is 2. The molecule has 0 atom stereocenters. The SMILES string of the molecule is CC(C)N1CCC(Oc2cccc3cnc(Cl)nc23)CC1.CC(C)N1CCC(Oc2cccc3cnc(N)nc23)CC1. The number of nitrogens with two attached hydrogens (primary N) is 1. The molecule has 224 valence electrons. The van der Waals surface area contributed by atoms with E-state index in [2.05, 4.69) is 57.4 Å². The molecule has 2 aromatic carbocycles. The molecule has 2 saturated heterocycles. The lowest BCUT2D eigenvalue weighted by Crippen LogP contribution is -2.41. The first-order valence-electron chi connectivity index (χ1n) is 15.0. The van der Waals surface area contributed by atoms with Gasteiger partial charge in [0.05, 0.1) is 0 Å². The Hall–Kier alpha value is -3.27. The van der Waals surface area contributed by atoms with Gasteiger partial charge in [-0.05, 0) is 77.1 Å². The average Bonchev–Trinajstić information content (AvgIpc) is 2.99. The Morgan fingerprint density at radius 2 is 1.17 bits per heavy atom. The van der Waals surface area contributed by atoms with Crippen LogP contribution in [0.25, 0.3) is 21.8 Å². The third kappa shape index (κ3) is 7.56. The molecule has 0 spiro atoms. The van der Waals surface area contributed by atoms with Crippen LogP contribution in [0.5, 0.6) is 11.5 Å². The van der Waals surface area contributed by atoms with Crippen molar-refractivity contribution >= 4 is 39.4 Å². The number of para-hydroxylation sites is 2. The summed E-state index contributed by atoms with van der Waals surface area (Å²) in [5.41, 5.74) is 7.29. The standard InChI is InChI=1S/C16H20ClN3O.C16H22N4O/c2*1-11(2)20-8-6-13(7-9-20)21-14-5-3-4-12-10-18-16(17)19-15(12)14/h3-5,10-11,13H,6-9H2,1-2H3;3-5,10-11,13H,6-9H2,1-2H3,(H2,17,18,19). The molecule has 0 bridgehead atoms. The van der Waals surface area contributed by atoms with Crippen molar-refractivity contribution < 1.29 is 9.47 Å². The summed E-state index contributed by atoms with van der Waals surface area (Å²) in [6, 6.07) is 13.0. The van der Waals surface area contributed by atoms with Gasteiger partial charge < -0.3 is 25.0 Å². The van der Waals surface area contributed by atoms with Crippen molar-refractivity contribution in [2.75, 3.05) is 31.9 Å². The number of nitrogen functional groups attached to an aromatic ring is 1. The molecule has 42 heavy (non-hydrogen) atoms. The van der Waals surface area contributed by atoms with Crippen LogP contribution in [0, 0.1) is 0 Å². The van der Waals surface area contributed by atoms with Gasteiger partial charge in [-0.2, -0.15) is 0 Å². The van der Waals surface area contributed by atoms with Crippen LogP contribution in [-0.2, 0) is 0 Å².